The van der Waals surface area contributed by atoms with E-state index in [0.29, 0.717) is 29.7 Å². The Kier molecular flexibility index (Phi) is 5.74. The highest BCUT2D eigenvalue weighted by Crippen LogP contribution is 2.35. The van der Waals surface area contributed by atoms with Crippen molar-refractivity contribution in [2.45, 2.75) is 32.4 Å². The minimum Gasteiger partial charge on any atom is -0.486 e. The first-order valence-electron chi connectivity index (χ1n) is 9.75. The van der Waals surface area contributed by atoms with Gasteiger partial charge < -0.3 is 14.8 Å². The Bertz CT molecular complexity index is 871. The van der Waals surface area contributed by atoms with Gasteiger partial charge in [0.25, 0.3) is 0 Å². The summed E-state index contributed by atoms with van der Waals surface area (Å²) >= 11 is 6.32. The molecule has 0 aliphatic carbocycles. The quantitative estimate of drug-likeness (QED) is 0.837. The van der Waals surface area contributed by atoms with E-state index in [9.17, 15) is 4.79 Å². The molecule has 2 aliphatic heterocycles. The van der Waals surface area contributed by atoms with Crippen molar-refractivity contribution >= 4 is 17.5 Å². The van der Waals surface area contributed by atoms with Crippen LogP contribution in [0.3, 0.4) is 0 Å². The van der Waals surface area contributed by atoms with Crippen molar-refractivity contribution in [3.05, 3.63) is 58.1 Å². The van der Waals surface area contributed by atoms with Gasteiger partial charge in [-0.25, -0.2) is 0 Å². The molecule has 0 aromatic heterocycles. The van der Waals surface area contributed by atoms with Crippen LogP contribution in [0.1, 0.15) is 23.6 Å². The fourth-order valence-corrected chi connectivity index (χ4v) is 4.10. The first kappa shape index (κ1) is 19.1. The number of halogens is 1. The summed E-state index contributed by atoms with van der Waals surface area (Å²) in [6.45, 7) is 5.85. The summed E-state index contributed by atoms with van der Waals surface area (Å²) in [7, 11) is 0. The van der Waals surface area contributed by atoms with E-state index in [-0.39, 0.29) is 18.4 Å². The van der Waals surface area contributed by atoms with Gasteiger partial charge in [0.1, 0.15) is 13.2 Å². The fourth-order valence-electron chi connectivity index (χ4n) is 3.88. The molecule has 1 amide bonds. The third-order valence-electron chi connectivity index (χ3n) is 5.21. The Labute approximate surface area is 170 Å². The molecule has 2 aliphatic rings. The summed E-state index contributed by atoms with van der Waals surface area (Å²) in [6.07, 6.45) is 1.28. The molecular formula is C22H25ClN2O3. The monoisotopic (exact) mass is 400 g/mol. The molecule has 1 atom stereocenters. The number of fused-ring (bicyclic) bond motifs is 2. The smallest absolute Gasteiger partial charge is 0.224 e. The number of ether oxygens (including phenoxy) is 2. The summed E-state index contributed by atoms with van der Waals surface area (Å²) < 4.78 is 11.1. The van der Waals surface area contributed by atoms with Gasteiger partial charge in [0.15, 0.2) is 11.5 Å². The first-order chi connectivity index (χ1) is 13.6. The molecule has 1 unspecified atom stereocenters. The minimum absolute atomic E-state index is 0.0384. The highest BCUT2D eigenvalue weighted by Gasteiger charge is 2.20. The largest absolute Gasteiger partial charge is 0.486 e. The predicted molar refractivity (Wildman–Crippen MR) is 109 cm³/mol. The highest BCUT2D eigenvalue weighted by atomic mass is 35.5. The molecule has 4 rings (SSSR count). The maximum absolute atomic E-state index is 12.5. The van der Waals surface area contributed by atoms with Crippen LogP contribution < -0.4 is 14.8 Å². The summed E-state index contributed by atoms with van der Waals surface area (Å²) in [6, 6.07) is 12.2. The summed E-state index contributed by atoms with van der Waals surface area (Å²) in [5.74, 6) is 1.25. The minimum atomic E-state index is -0.0384. The molecule has 0 spiro atoms. The molecular weight excluding hydrogens is 376 g/mol. The Balaban J connectivity index is 1.32. The van der Waals surface area contributed by atoms with Crippen molar-refractivity contribution in [3.63, 3.8) is 0 Å². The molecule has 5 nitrogen and oxygen atoms in total. The molecule has 6 heteroatoms. The van der Waals surface area contributed by atoms with Crippen LogP contribution in [0.4, 0.5) is 0 Å². The van der Waals surface area contributed by atoms with Gasteiger partial charge in [-0.15, -0.1) is 0 Å². The van der Waals surface area contributed by atoms with E-state index in [1.807, 2.05) is 13.0 Å². The summed E-state index contributed by atoms with van der Waals surface area (Å²) in [4.78, 5) is 14.9. The van der Waals surface area contributed by atoms with Crippen molar-refractivity contribution in [1.82, 2.24) is 10.2 Å². The van der Waals surface area contributed by atoms with E-state index in [2.05, 4.69) is 34.5 Å². The zero-order chi connectivity index (χ0) is 19.5. The van der Waals surface area contributed by atoms with Gasteiger partial charge in [-0.1, -0.05) is 35.9 Å². The molecule has 0 bridgehead atoms. The Morgan fingerprint density at radius 3 is 2.68 bits per heavy atom. The van der Waals surface area contributed by atoms with Gasteiger partial charge in [0.2, 0.25) is 5.91 Å². The van der Waals surface area contributed by atoms with Crippen LogP contribution in [0.5, 0.6) is 11.5 Å². The number of benzene rings is 2. The number of nitrogens with one attached hydrogen (secondary N) is 1. The number of nitrogens with zero attached hydrogens (tertiary/aromatic N) is 1. The van der Waals surface area contributed by atoms with Gasteiger partial charge in [-0.05, 0) is 36.1 Å². The van der Waals surface area contributed by atoms with Crippen LogP contribution in [-0.4, -0.2) is 43.2 Å². The summed E-state index contributed by atoms with van der Waals surface area (Å²) in [5, 5.41) is 3.62. The van der Waals surface area contributed by atoms with Crippen LogP contribution in [0.2, 0.25) is 5.02 Å². The normalized spacial score (nSPS) is 16.9. The van der Waals surface area contributed by atoms with Crippen molar-refractivity contribution < 1.29 is 14.3 Å². The molecule has 2 aromatic rings. The number of carbonyl (C=O) groups is 1. The molecule has 2 aromatic carbocycles. The lowest BCUT2D eigenvalue weighted by molar-refractivity contribution is -0.121. The van der Waals surface area contributed by atoms with Crippen LogP contribution >= 0.6 is 11.6 Å². The van der Waals surface area contributed by atoms with E-state index >= 15 is 0 Å². The van der Waals surface area contributed by atoms with Crippen molar-refractivity contribution in [3.8, 4) is 11.5 Å². The number of hydrogen-bond acceptors (Lipinski definition) is 4. The Hall–Kier alpha value is -2.24. The molecule has 1 N–H and O–H groups in total. The first-order valence-corrected chi connectivity index (χ1v) is 10.1. The van der Waals surface area contributed by atoms with E-state index in [4.69, 9.17) is 21.1 Å². The van der Waals surface area contributed by atoms with E-state index < -0.39 is 0 Å². The Morgan fingerprint density at radius 1 is 1.18 bits per heavy atom. The second-order valence-electron chi connectivity index (χ2n) is 7.49. The van der Waals surface area contributed by atoms with E-state index in [1.165, 1.54) is 11.1 Å². The van der Waals surface area contributed by atoms with Crippen LogP contribution in [-0.2, 0) is 24.2 Å². The number of rotatable bonds is 5. The van der Waals surface area contributed by atoms with Gasteiger partial charge >= 0.3 is 0 Å². The standard InChI is InChI=1S/C22H25ClN2O3/c1-15(13-25-7-6-16-4-2-3-5-17(16)14-25)24-22(26)11-18-10-20-21(12-19(18)23)28-9-8-27-20/h2-5,10,12,15H,6-9,11,13-14H2,1H3,(H,24,26). The van der Waals surface area contributed by atoms with Crippen LogP contribution in [0, 0.1) is 0 Å². The average Bonchev–Trinajstić information content (AvgIpc) is 2.68. The highest BCUT2D eigenvalue weighted by molar-refractivity contribution is 6.31. The second kappa shape index (κ2) is 8.41. The predicted octanol–water partition coefficient (Wildman–Crippen LogP) is 3.22. The lowest BCUT2D eigenvalue weighted by atomic mass is 9.99. The molecule has 28 heavy (non-hydrogen) atoms. The molecule has 2 heterocycles. The lowest BCUT2D eigenvalue weighted by Crippen LogP contribution is -2.44. The zero-order valence-electron chi connectivity index (χ0n) is 16.0. The van der Waals surface area contributed by atoms with Gasteiger partial charge in [0.05, 0.1) is 6.42 Å². The molecule has 0 saturated carbocycles. The molecule has 0 radical (unpaired) electrons. The Morgan fingerprint density at radius 2 is 1.89 bits per heavy atom. The molecule has 148 valence electrons. The second-order valence-corrected chi connectivity index (χ2v) is 7.89. The summed E-state index contributed by atoms with van der Waals surface area (Å²) in [5.41, 5.74) is 3.57. The number of carbonyl (C=O) groups excluding carboxylic acids is 1. The van der Waals surface area contributed by atoms with Crippen molar-refractivity contribution in [2.24, 2.45) is 0 Å². The molecule has 0 saturated heterocycles. The van der Waals surface area contributed by atoms with Crippen LogP contribution in [0.15, 0.2) is 36.4 Å². The fraction of sp³-hybridized carbons (Fsp3) is 0.409. The SMILES string of the molecule is CC(CN1CCc2ccccc2C1)NC(=O)Cc1cc2c(cc1Cl)OCCO2. The van der Waals surface area contributed by atoms with Crippen molar-refractivity contribution in [2.75, 3.05) is 26.3 Å². The van der Waals surface area contributed by atoms with E-state index in [1.54, 1.807) is 6.07 Å². The van der Waals surface area contributed by atoms with Gasteiger partial charge in [-0.2, -0.15) is 0 Å². The molecule has 0 fully saturated rings. The zero-order valence-corrected chi connectivity index (χ0v) is 16.8. The van der Waals surface area contributed by atoms with Gasteiger partial charge in [0, 0.05) is 36.8 Å². The number of amides is 1. The van der Waals surface area contributed by atoms with Crippen molar-refractivity contribution in [1.29, 1.82) is 0 Å². The van der Waals surface area contributed by atoms with Gasteiger partial charge in [-0.3, -0.25) is 9.69 Å². The van der Waals surface area contributed by atoms with E-state index in [0.717, 1.165) is 31.6 Å². The maximum atomic E-state index is 12.5. The lowest BCUT2D eigenvalue weighted by Gasteiger charge is -2.31. The van der Waals surface area contributed by atoms with Crippen LogP contribution in [0.25, 0.3) is 0 Å². The third kappa shape index (κ3) is 4.42. The number of hydrogen-bond donors (Lipinski definition) is 1. The topological polar surface area (TPSA) is 50.8 Å². The maximum Gasteiger partial charge on any atom is 0.224 e. The average molecular weight is 401 g/mol. The third-order valence-corrected chi connectivity index (χ3v) is 5.56.